The molecule has 3 rings (SSSR count). The standard InChI is InChI=1S/C12H8N4O2/c17-16(18)11-4-2-1-3-9(11)10-8-15-6-5-13-7-12(15)14-10/h1-8H. The normalized spacial score (nSPS) is 10.7. The average Bonchev–Trinajstić information content (AvgIpc) is 2.82. The van der Waals surface area contributed by atoms with Gasteiger partial charge in [-0.25, -0.2) is 4.98 Å². The Labute approximate surface area is 102 Å². The first-order valence-electron chi connectivity index (χ1n) is 5.28. The summed E-state index contributed by atoms with van der Waals surface area (Å²) in [4.78, 5) is 18.8. The van der Waals surface area contributed by atoms with Crippen molar-refractivity contribution in [2.75, 3.05) is 0 Å². The zero-order chi connectivity index (χ0) is 12.5. The van der Waals surface area contributed by atoms with Crippen molar-refractivity contribution in [3.05, 3.63) is 59.2 Å². The Balaban J connectivity index is 2.23. The molecule has 0 aliphatic carbocycles. The third-order valence-electron chi connectivity index (χ3n) is 2.64. The van der Waals surface area contributed by atoms with Crippen LogP contribution in [0.15, 0.2) is 49.1 Å². The van der Waals surface area contributed by atoms with Gasteiger partial charge in [-0.05, 0) is 6.07 Å². The molecule has 0 saturated heterocycles. The highest BCUT2D eigenvalue weighted by Gasteiger charge is 2.16. The van der Waals surface area contributed by atoms with Gasteiger partial charge in [0.2, 0.25) is 0 Å². The quantitative estimate of drug-likeness (QED) is 0.509. The molecule has 2 heterocycles. The van der Waals surface area contributed by atoms with Gasteiger partial charge in [0, 0.05) is 24.7 Å². The molecule has 0 bridgehead atoms. The zero-order valence-corrected chi connectivity index (χ0v) is 9.22. The summed E-state index contributed by atoms with van der Waals surface area (Å²) in [5, 5.41) is 11.0. The van der Waals surface area contributed by atoms with Crippen LogP contribution in [0.5, 0.6) is 0 Å². The van der Waals surface area contributed by atoms with E-state index in [1.807, 2.05) is 0 Å². The molecule has 0 radical (unpaired) electrons. The molecule has 0 saturated carbocycles. The number of para-hydroxylation sites is 1. The summed E-state index contributed by atoms with van der Waals surface area (Å²) in [6.07, 6.45) is 6.75. The highest BCUT2D eigenvalue weighted by atomic mass is 16.6. The summed E-state index contributed by atoms with van der Waals surface area (Å²) in [7, 11) is 0. The maximum absolute atomic E-state index is 11.0. The second-order valence-corrected chi connectivity index (χ2v) is 3.74. The molecule has 0 N–H and O–H groups in total. The molecular weight excluding hydrogens is 232 g/mol. The van der Waals surface area contributed by atoms with Gasteiger partial charge in [0.1, 0.15) is 0 Å². The third kappa shape index (κ3) is 1.60. The fraction of sp³-hybridized carbons (Fsp3) is 0. The van der Waals surface area contributed by atoms with Crippen molar-refractivity contribution in [1.29, 1.82) is 0 Å². The Kier molecular flexibility index (Phi) is 2.26. The smallest absolute Gasteiger partial charge is 0.278 e. The number of nitrogens with zero attached hydrogens (tertiary/aromatic N) is 4. The van der Waals surface area contributed by atoms with Crippen LogP contribution in [0.2, 0.25) is 0 Å². The largest absolute Gasteiger partial charge is 0.304 e. The summed E-state index contributed by atoms with van der Waals surface area (Å²) in [5.41, 5.74) is 1.78. The number of nitro benzene ring substituents is 1. The van der Waals surface area contributed by atoms with E-state index in [0.717, 1.165) is 0 Å². The van der Waals surface area contributed by atoms with Crippen LogP contribution in [-0.2, 0) is 0 Å². The molecule has 0 spiro atoms. The van der Waals surface area contributed by atoms with E-state index in [0.29, 0.717) is 16.9 Å². The van der Waals surface area contributed by atoms with Crippen molar-refractivity contribution < 1.29 is 4.92 Å². The second-order valence-electron chi connectivity index (χ2n) is 3.74. The van der Waals surface area contributed by atoms with Crippen LogP contribution in [0, 0.1) is 10.1 Å². The van der Waals surface area contributed by atoms with Crippen molar-refractivity contribution in [3.63, 3.8) is 0 Å². The molecule has 6 nitrogen and oxygen atoms in total. The Bertz CT molecular complexity index is 703. The van der Waals surface area contributed by atoms with Crippen molar-refractivity contribution in [2.24, 2.45) is 0 Å². The second kappa shape index (κ2) is 3.92. The van der Waals surface area contributed by atoms with Gasteiger partial charge in [-0.1, -0.05) is 12.1 Å². The molecule has 2 aromatic heterocycles. The number of hydrogen-bond acceptors (Lipinski definition) is 4. The van der Waals surface area contributed by atoms with Crippen molar-refractivity contribution in [3.8, 4) is 11.3 Å². The van der Waals surface area contributed by atoms with Crippen LogP contribution in [-0.4, -0.2) is 19.3 Å². The zero-order valence-electron chi connectivity index (χ0n) is 9.22. The molecule has 88 valence electrons. The van der Waals surface area contributed by atoms with Crippen LogP contribution in [0.3, 0.4) is 0 Å². The van der Waals surface area contributed by atoms with Crippen LogP contribution in [0.4, 0.5) is 5.69 Å². The minimum atomic E-state index is -0.405. The Morgan fingerprint density at radius 3 is 2.89 bits per heavy atom. The molecule has 0 unspecified atom stereocenters. The lowest BCUT2D eigenvalue weighted by molar-refractivity contribution is -0.384. The van der Waals surface area contributed by atoms with E-state index in [4.69, 9.17) is 0 Å². The summed E-state index contributed by atoms with van der Waals surface area (Å²) >= 11 is 0. The Morgan fingerprint density at radius 2 is 2.11 bits per heavy atom. The minimum Gasteiger partial charge on any atom is -0.304 e. The SMILES string of the molecule is O=[N+]([O-])c1ccccc1-c1cn2ccncc2n1. The van der Waals surface area contributed by atoms with Gasteiger partial charge in [-0.15, -0.1) is 0 Å². The highest BCUT2D eigenvalue weighted by molar-refractivity contribution is 5.71. The van der Waals surface area contributed by atoms with E-state index in [1.54, 1.807) is 47.4 Å². The summed E-state index contributed by atoms with van der Waals surface area (Å²) in [6, 6.07) is 6.55. The third-order valence-corrected chi connectivity index (χ3v) is 2.64. The number of rotatable bonds is 2. The number of benzene rings is 1. The van der Waals surface area contributed by atoms with E-state index in [1.165, 1.54) is 6.07 Å². The molecular formula is C12H8N4O2. The summed E-state index contributed by atoms with van der Waals surface area (Å²) in [5.74, 6) is 0. The molecule has 0 atom stereocenters. The topological polar surface area (TPSA) is 73.3 Å². The summed E-state index contributed by atoms with van der Waals surface area (Å²) < 4.78 is 1.78. The number of hydrogen-bond donors (Lipinski definition) is 0. The maximum Gasteiger partial charge on any atom is 0.278 e. The number of aromatic nitrogens is 3. The minimum absolute atomic E-state index is 0.0499. The Morgan fingerprint density at radius 1 is 1.28 bits per heavy atom. The van der Waals surface area contributed by atoms with Gasteiger partial charge >= 0.3 is 0 Å². The first kappa shape index (κ1) is 10.4. The lowest BCUT2D eigenvalue weighted by Crippen LogP contribution is -1.91. The first-order valence-corrected chi connectivity index (χ1v) is 5.28. The van der Waals surface area contributed by atoms with E-state index < -0.39 is 4.92 Å². The van der Waals surface area contributed by atoms with E-state index in [-0.39, 0.29) is 5.69 Å². The van der Waals surface area contributed by atoms with Gasteiger partial charge in [-0.2, -0.15) is 0 Å². The van der Waals surface area contributed by atoms with E-state index >= 15 is 0 Å². The van der Waals surface area contributed by atoms with E-state index in [9.17, 15) is 10.1 Å². The monoisotopic (exact) mass is 240 g/mol. The first-order chi connectivity index (χ1) is 8.75. The predicted molar refractivity (Wildman–Crippen MR) is 65.1 cm³/mol. The predicted octanol–water partition coefficient (Wildman–Crippen LogP) is 2.30. The van der Waals surface area contributed by atoms with Gasteiger partial charge in [0.15, 0.2) is 5.65 Å². The fourth-order valence-corrected chi connectivity index (χ4v) is 1.82. The van der Waals surface area contributed by atoms with E-state index in [2.05, 4.69) is 9.97 Å². The molecule has 0 aliphatic heterocycles. The molecule has 0 aliphatic rings. The van der Waals surface area contributed by atoms with Gasteiger partial charge in [0.25, 0.3) is 5.69 Å². The fourth-order valence-electron chi connectivity index (χ4n) is 1.82. The average molecular weight is 240 g/mol. The molecule has 18 heavy (non-hydrogen) atoms. The maximum atomic E-state index is 11.0. The molecule has 6 heteroatoms. The van der Waals surface area contributed by atoms with Crippen molar-refractivity contribution in [1.82, 2.24) is 14.4 Å². The van der Waals surface area contributed by atoms with Crippen molar-refractivity contribution >= 4 is 11.3 Å². The van der Waals surface area contributed by atoms with Crippen LogP contribution < -0.4 is 0 Å². The molecule has 0 amide bonds. The molecule has 0 fully saturated rings. The van der Waals surface area contributed by atoms with Gasteiger partial charge in [0.05, 0.1) is 22.4 Å². The summed E-state index contributed by atoms with van der Waals surface area (Å²) in [6.45, 7) is 0. The number of nitro groups is 1. The van der Waals surface area contributed by atoms with Crippen LogP contribution in [0.25, 0.3) is 16.9 Å². The molecule has 3 aromatic rings. The van der Waals surface area contributed by atoms with Crippen molar-refractivity contribution in [2.45, 2.75) is 0 Å². The van der Waals surface area contributed by atoms with Crippen LogP contribution in [0.1, 0.15) is 0 Å². The van der Waals surface area contributed by atoms with Gasteiger partial charge < -0.3 is 4.40 Å². The highest BCUT2D eigenvalue weighted by Crippen LogP contribution is 2.28. The number of fused-ring (bicyclic) bond motifs is 1. The lowest BCUT2D eigenvalue weighted by atomic mass is 10.1. The molecule has 1 aromatic carbocycles. The Hall–Kier alpha value is -2.76. The number of imidazole rings is 1. The van der Waals surface area contributed by atoms with Crippen LogP contribution >= 0.6 is 0 Å². The lowest BCUT2D eigenvalue weighted by Gasteiger charge is -1.97. The van der Waals surface area contributed by atoms with Gasteiger partial charge in [-0.3, -0.25) is 15.1 Å².